The number of carbonyl (C=O) groups excluding carboxylic acids is 2. The first kappa shape index (κ1) is 38.6. The van der Waals surface area contributed by atoms with Gasteiger partial charge in [-0.3, -0.25) is 14.4 Å². The first-order valence-electron chi connectivity index (χ1n) is 18.5. The molecule has 0 radical (unpaired) electrons. The molecule has 0 saturated heterocycles. The number of fused-ring (bicyclic) bond motifs is 4. The lowest BCUT2D eigenvalue weighted by Gasteiger charge is -2.19. The van der Waals surface area contributed by atoms with Crippen LogP contribution in [-0.4, -0.2) is 59.7 Å². The smallest absolute Gasteiger partial charge is 0.336 e. The molecule has 2 amide bonds. The zero-order chi connectivity index (χ0) is 42.4. The highest BCUT2D eigenvalue weighted by atomic mass is 16.4. The average molecular weight is 803 g/mol. The molecule has 0 atom stereocenters. The minimum Gasteiger partial charge on any atom is -0.508 e. The number of benzene rings is 6. The second kappa shape index (κ2) is 15.2. The molecule has 14 heteroatoms. The van der Waals surface area contributed by atoms with Crippen LogP contribution < -0.4 is 26.3 Å². The van der Waals surface area contributed by atoms with Crippen LogP contribution in [0.1, 0.15) is 36.6 Å². The Kier molecular flexibility index (Phi) is 9.81. The monoisotopic (exact) mass is 802 g/mol. The predicted molar refractivity (Wildman–Crippen MR) is 223 cm³/mol. The molecule has 14 nitrogen and oxygen atoms in total. The Morgan fingerprint density at radius 1 is 0.650 bits per heavy atom. The summed E-state index contributed by atoms with van der Waals surface area (Å²) in [5.74, 6) is -3.31. The fourth-order valence-corrected chi connectivity index (χ4v) is 7.30. The van der Waals surface area contributed by atoms with Crippen molar-refractivity contribution in [3.8, 4) is 50.7 Å². The highest BCUT2D eigenvalue weighted by molar-refractivity contribution is 6.10. The SMILES string of the molecule is CN(C)c1ccc2c(-c3ccc(C(=O)NCC(=O)NCc4ccc(-c5c6ccc(=O)cc-6oc6cc(O)ccc56)c(C(=O)O)c4)cc3C(=O)O)c3ccc(=N)cc-3oc2c1. The van der Waals surface area contributed by atoms with Crippen molar-refractivity contribution in [2.75, 3.05) is 25.5 Å². The largest absolute Gasteiger partial charge is 0.508 e. The third-order valence-corrected chi connectivity index (χ3v) is 10.2. The molecule has 60 heavy (non-hydrogen) atoms. The molecule has 0 fully saturated rings. The first-order chi connectivity index (χ1) is 28.7. The third kappa shape index (κ3) is 7.24. The molecule has 4 aromatic carbocycles. The van der Waals surface area contributed by atoms with E-state index >= 15 is 0 Å². The Morgan fingerprint density at radius 3 is 1.93 bits per heavy atom. The van der Waals surface area contributed by atoms with Gasteiger partial charge in [0.2, 0.25) is 5.91 Å². The molecule has 0 unspecified atom stereocenters. The van der Waals surface area contributed by atoms with Crippen molar-refractivity contribution in [3.63, 3.8) is 0 Å². The maximum Gasteiger partial charge on any atom is 0.336 e. The van der Waals surface area contributed by atoms with Gasteiger partial charge in [-0.25, -0.2) is 9.59 Å². The maximum atomic E-state index is 13.3. The number of phenols is 1. The molecule has 8 rings (SSSR count). The van der Waals surface area contributed by atoms with Crippen LogP contribution in [0, 0.1) is 5.41 Å². The van der Waals surface area contributed by atoms with Crippen LogP contribution in [-0.2, 0) is 11.3 Å². The van der Waals surface area contributed by atoms with Crippen molar-refractivity contribution >= 4 is 51.4 Å². The minimum absolute atomic E-state index is 0.00125. The number of nitrogens with zero attached hydrogens (tertiary/aromatic N) is 1. The standard InChI is InChI=1S/C46H34N4O10/c1-50(2)26-6-12-32-38(18-26)59-37-17-25(47)5-11-31(37)43(32)30-10-4-24(16-36(30)46(57)58)44(54)49-22-41(53)48-21-23-3-9-29(35(15-23)45(55)56)42-33-13-7-27(51)19-39(33)60-40-20-28(52)8-14-34(40)42/h3-20,47,51H,21-22H2,1-2H3,(H,48,53)(H,49,54)(H,55,56)(H,57,58). The zero-order valence-electron chi connectivity index (χ0n) is 32.0. The van der Waals surface area contributed by atoms with Crippen molar-refractivity contribution in [1.82, 2.24) is 10.6 Å². The van der Waals surface area contributed by atoms with Gasteiger partial charge in [-0.1, -0.05) is 18.2 Å². The lowest BCUT2D eigenvalue weighted by atomic mass is 9.89. The number of aromatic hydroxyl groups is 1. The molecule has 298 valence electrons. The van der Waals surface area contributed by atoms with Gasteiger partial charge in [0.15, 0.2) is 5.43 Å². The van der Waals surface area contributed by atoms with Crippen LogP contribution in [0.25, 0.3) is 66.8 Å². The molecule has 4 aliphatic rings. The van der Waals surface area contributed by atoms with E-state index < -0.39 is 30.3 Å². The molecule has 4 aromatic rings. The van der Waals surface area contributed by atoms with E-state index in [0.717, 1.165) is 5.69 Å². The number of hydrogen-bond acceptors (Lipinski definition) is 10. The van der Waals surface area contributed by atoms with Crippen molar-refractivity contribution in [3.05, 3.63) is 147 Å². The predicted octanol–water partition coefficient (Wildman–Crippen LogP) is 6.78. The number of rotatable bonds is 10. The van der Waals surface area contributed by atoms with Crippen LogP contribution in [0.5, 0.6) is 5.75 Å². The average Bonchev–Trinajstić information content (AvgIpc) is 3.22. The number of amides is 2. The normalized spacial score (nSPS) is 11.2. The summed E-state index contributed by atoms with van der Waals surface area (Å²) in [7, 11) is 3.76. The number of hydrogen-bond donors (Lipinski definition) is 6. The van der Waals surface area contributed by atoms with Crippen LogP contribution >= 0.6 is 0 Å². The molecule has 0 aromatic heterocycles. The van der Waals surface area contributed by atoms with Gasteiger partial charge in [-0.2, -0.15) is 0 Å². The number of phenolic OH excluding ortho intramolecular Hbond substituents is 1. The Hall–Kier alpha value is -8.26. The Morgan fingerprint density at radius 2 is 1.25 bits per heavy atom. The zero-order valence-corrected chi connectivity index (χ0v) is 32.0. The fraction of sp³-hybridized carbons (Fsp3) is 0.0870. The Labute approximate surface area is 339 Å². The van der Waals surface area contributed by atoms with Gasteiger partial charge in [0, 0.05) is 89.2 Å². The number of nitrogens with one attached hydrogen (secondary N) is 3. The molecule has 0 spiro atoms. The molecule has 2 heterocycles. The van der Waals surface area contributed by atoms with Crippen LogP contribution in [0.3, 0.4) is 0 Å². The quantitative estimate of drug-likeness (QED) is 0.0791. The van der Waals surface area contributed by atoms with E-state index in [1.165, 1.54) is 48.5 Å². The lowest BCUT2D eigenvalue weighted by molar-refractivity contribution is -0.120. The van der Waals surface area contributed by atoms with Gasteiger partial charge >= 0.3 is 11.9 Å². The molecule has 2 aliphatic carbocycles. The van der Waals surface area contributed by atoms with Crippen molar-refractivity contribution in [2.24, 2.45) is 0 Å². The molecular formula is C46H34N4O10. The summed E-state index contributed by atoms with van der Waals surface area (Å²) in [5.41, 5.74) is 4.17. The number of carbonyl (C=O) groups is 4. The summed E-state index contributed by atoms with van der Waals surface area (Å²) in [6.07, 6.45) is 0. The summed E-state index contributed by atoms with van der Waals surface area (Å²) in [5, 5.41) is 45.4. The second-order valence-corrected chi connectivity index (χ2v) is 14.3. The number of anilines is 1. The molecule has 0 saturated carbocycles. The summed E-state index contributed by atoms with van der Waals surface area (Å²) >= 11 is 0. The lowest BCUT2D eigenvalue weighted by Crippen LogP contribution is -2.36. The minimum atomic E-state index is -1.28. The van der Waals surface area contributed by atoms with Crippen LogP contribution in [0.2, 0.25) is 0 Å². The van der Waals surface area contributed by atoms with Crippen molar-refractivity contribution in [2.45, 2.75) is 6.54 Å². The number of aromatic carboxylic acids is 2. The van der Waals surface area contributed by atoms with Gasteiger partial charge in [-0.15, -0.1) is 0 Å². The number of carboxylic acid groups (broad SMARTS) is 2. The molecular weight excluding hydrogens is 769 g/mol. The van der Waals surface area contributed by atoms with E-state index in [2.05, 4.69) is 10.6 Å². The van der Waals surface area contributed by atoms with Crippen molar-refractivity contribution in [1.29, 1.82) is 5.41 Å². The topological polar surface area (TPSA) is 223 Å². The maximum absolute atomic E-state index is 13.3. The number of carboxylic acids is 2. The summed E-state index contributed by atoms with van der Waals surface area (Å²) in [4.78, 5) is 65.6. The van der Waals surface area contributed by atoms with E-state index in [-0.39, 0.29) is 51.1 Å². The molecule has 0 bridgehead atoms. The van der Waals surface area contributed by atoms with Gasteiger partial charge in [0.25, 0.3) is 5.91 Å². The van der Waals surface area contributed by atoms with Crippen LogP contribution in [0.4, 0.5) is 5.69 Å². The summed E-state index contributed by atoms with van der Waals surface area (Å²) < 4.78 is 12.1. The van der Waals surface area contributed by atoms with E-state index in [9.17, 15) is 39.3 Å². The van der Waals surface area contributed by atoms with E-state index in [1.54, 1.807) is 42.5 Å². The third-order valence-electron chi connectivity index (χ3n) is 10.2. The highest BCUT2D eigenvalue weighted by Gasteiger charge is 2.25. The van der Waals surface area contributed by atoms with Gasteiger partial charge in [-0.05, 0) is 83.4 Å². The van der Waals surface area contributed by atoms with Crippen LogP contribution in [0.15, 0.2) is 123 Å². The van der Waals surface area contributed by atoms with Gasteiger partial charge in [0.1, 0.15) is 28.4 Å². The fourth-order valence-electron chi connectivity index (χ4n) is 7.30. The van der Waals surface area contributed by atoms with E-state index in [1.807, 2.05) is 37.2 Å². The first-order valence-corrected chi connectivity index (χ1v) is 18.5. The molecule has 6 N–H and O–H groups in total. The second-order valence-electron chi connectivity index (χ2n) is 14.3. The van der Waals surface area contributed by atoms with E-state index in [4.69, 9.17) is 14.2 Å². The highest BCUT2D eigenvalue weighted by Crippen LogP contribution is 2.44. The van der Waals surface area contributed by atoms with Gasteiger partial charge in [0.05, 0.1) is 23.0 Å². The van der Waals surface area contributed by atoms with Crippen molar-refractivity contribution < 1.29 is 43.3 Å². The summed E-state index contributed by atoms with van der Waals surface area (Å²) in [6.45, 7) is -0.554. The summed E-state index contributed by atoms with van der Waals surface area (Å²) in [6, 6.07) is 27.8. The molecule has 2 aliphatic heterocycles. The van der Waals surface area contributed by atoms with E-state index in [0.29, 0.717) is 61.1 Å². The Bertz CT molecular complexity index is 3150. The Balaban J connectivity index is 1.02. The van der Waals surface area contributed by atoms with Gasteiger partial charge < -0.3 is 45.1 Å².